The van der Waals surface area contributed by atoms with Crippen LogP contribution in [0.5, 0.6) is 5.75 Å². The van der Waals surface area contributed by atoms with E-state index in [2.05, 4.69) is 4.98 Å². The number of hydrogen-bond acceptors (Lipinski definition) is 5. The smallest absolute Gasteiger partial charge is 0.343 e. The van der Waals surface area contributed by atoms with Crippen molar-refractivity contribution in [3.63, 3.8) is 0 Å². The lowest BCUT2D eigenvalue weighted by molar-refractivity contribution is -0.135. The first-order valence-corrected chi connectivity index (χ1v) is 7.78. The molecule has 1 aromatic heterocycles. The molecule has 7 heteroatoms. The molecule has 6 nitrogen and oxygen atoms in total. The van der Waals surface area contributed by atoms with Gasteiger partial charge in [0.05, 0.1) is 18.6 Å². The number of esters is 2. The van der Waals surface area contributed by atoms with Crippen molar-refractivity contribution in [2.75, 3.05) is 6.61 Å². The molecule has 24 heavy (non-hydrogen) atoms. The Labute approximate surface area is 142 Å². The minimum Gasteiger partial charge on any atom is -0.462 e. The van der Waals surface area contributed by atoms with Gasteiger partial charge in [-0.3, -0.25) is 9.59 Å². The Balaban J connectivity index is 2.16. The zero-order valence-corrected chi connectivity index (χ0v) is 13.6. The average Bonchev–Trinajstić information content (AvgIpc) is 2.55. The van der Waals surface area contributed by atoms with Crippen LogP contribution in [0.3, 0.4) is 0 Å². The van der Waals surface area contributed by atoms with E-state index in [0.29, 0.717) is 5.02 Å². The summed E-state index contributed by atoms with van der Waals surface area (Å²) in [5.74, 6) is -1.72. The molecule has 1 unspecified atom stereocenters. The largest absolute Gasteiger partial charge is 0.462 e. The Hall–Kier alpha value is -2.60. The molecule has 3 rings (SSSR count). The van der Waals surface area contributed by atoms with Crippen LogP contribution in [0.15, 0.2) is 35.3 Å². The minimum atomic E-state index is -0.658. The van der Waals surface area contributed by atoms with Gasteiger partial charge < -0.3 is 14.5 Å². The number of aromatic nitrogens is 1. The quantitative estimate of drug-likeness (QED) is 0.863. The van der Waals surface area contributed by atoms with Gasteiger partial charge in [0.15, 0.2) is 5.75 Å². The van der Waals surface area contributed by atoms with Crippen molar-refractivity contribution < 1.29 is 19.1 Å². The van der Waals surface area contributed by atoms with E-state index in [9.17, 15) is 14.4 Å². The predicted molar refractivity (Wildman–Crippen MR) is 86.6 cm³/mol. The molecule has 0 aliphatic carbocycles. The van der Waals surface area contributed by atoms with Gasteiger partial charge in [-0.25, -0.2) is 4.79 Å². The normalized spacial score (nSPS) is 16.2. The highest BCUT2D eigenvalue weighted by atomic mass is 35.5. The molecule has 1 atom stereocenters. The zero-order chi connectivity index (χ0) is 17.3. The van der Waals surface area contributed by atoms with E-state index >= 15 is 0 Å². The van der Waals surface area contributed by atoms with Crippen LogP contribution in [0.2, 0.25) is 5.02 Å². The second-order valence-corrected chi connectivity index (χ2v) is 5.71. The molecule has 0 spiro atoms. The third-order valence-electron chi connectivity index (χ3n) is 3.78. The topological polar surface area (TPSA) is 85.5 Å². The van der Waals surface area contributed by atoms with Gasteiger partial charge in [-0.15, -0.1) is 0 Å². The molecular weight excluding hydrogens is 334 g/mol. The summed E-state index contributed by atoms with van der Waals surface area (Å²) in [6, 6.07) is 6.84. The molecular formula is C17H14ClNO5. The molecule has 1 aliphatic heterocycles. The lowest BCUT2D eigenvalue weighted by Crippen LogP contribution is -2.30. The Bertz CT molecular complexity index is 856. The van der Waals surface area contributed by atoms with Gasteiger partial charge in [0.1, 0.15) is 5.56 Å². The number of nitrogens with one attached hydrogen (secondary N) is 1. The monoisotopic (exact) mass is 347 g/mol. The van der Waals surface area contributed by atoms with Gasteiger partial charge in [0.25, 0.3) is 5.56 Å². The molecule has 1 N–H and O–H groups in total. The Kier molecular flexibility index (Phi) is 4.40. The molecule has 0 fully saturated rings. The van der Waals surface area contributed by atoms with E-state index < -0.39 is 23.4 Å². The minimum absolute atomic E-state index is 0.00396. The summed E-state index contributed by atoms with van der Waals surface area (Å²) < 4.78 is 10.2. The Morgan fingerprint density at radius 2 is 2.04 bits per heavy atom. The van der Waals surface area contributed by atoms with E-state index in [-0.39, 0.29) is 29.9 Å². The van der Waals surface area contributed by atoms with E-state index in [0.717, 1.165) is 5.56 Å². The maximum atomic E-state index is 12.3. The SMILES string of the molecule is CCOC(=O)c1c[nH]c(=O)c2c1OC(=O)CC2c1ccc(Cl)cc1. The van der Waals surface area contributed by atoms with Gasteiger partial charge >= 0.3 is 11.9 Å². The molecule has 1 aromatic carbocycles. The number of hydrogen-bond donors (Lipinski definition) is 1. The Morgan fingerprint density at radius 3 is 2.71 bits per heavy atom. The van der Waals surface area contributed by atoms with Gasteiger partial charge in [-0.2, -0.15) is 0 Å². The van der Waals surface area contributed by atoms with Crippen molar-refractivity contribution in [2.24, 2.45) is 0 Å². The first-order chi connectivity index (χ1) is 11.5. The van der Waals surface area contributed by atoms with Crippen molar-refractivity contribution in [3.8, 4) is 5.75 Å². The highest BCUT2D eigenvalue weighted by molar-refractivity contribution is 6.30. The fourth-order valence-electron chi connectivity index (χ4n) is 2.72. The molecule has 0 saturated carbocycles. The third-order valence-corrected chi connectivity index (χ3v) is 4.04. The van der Waals surface area contributed by atoms with Gasteiger partial charge in [0, 0.05) is 17.1 Å². The van der Waals surface area contributed by atoms with Crippen LogP contribution in [-0.2, 0) is 9.53 Å². The highest BCUT2D eigenvalue weighted by Crippen LogP contribution is 2.38. The molecule has 124 valence electrons. The summed E-state index contributed by atoms with van der Waals surface area (Å²) in [5.41, 5.74) is 0.593. The van der Waals surface area contributed by atoms with E-state index in [1.807, 2.05) is 0 Å². The molecule has 0 saturated heterocycles. The summed E-state index contributed by atoms with van der Waals surface area (Å²) in [6.45, 7) is 1.83. The number of aromatic amines is 1. The summed E-state index contributed by atoms with van der Waals surface area (Å²) in [5, 5.41) is 0.548. The number of carbonyl (C=O) groups is 2. The molecule has 2 aromatic rings. The number of benzene rings is 1. The second-order valence-electron chi connectivity index (χ2n) is 5.28. The standard InChI is InChI=1S/C17H14ClNO5/c1-2-23-17(22)12-8-19-16(21)14-11(7-13(20)24-15(12)14)9-3-5-10(18)6-4-9/h3-6,8,11H,2,7H2,1H3,(H,19,21). The summed E-state index contributed by atoms with van der Waals surface area (Å²) in [7, 11) is 0. The van der Waals surface area contributed by atoms with Gasteiger partial charge in [-0.1, -0.05) is 23.7 Å². The summed E-state index contributed by atoms with van der Waals surface area (Å²) in [6.07, 6.45) is 1.21. The van der Waals surface area contributed by atoms with E-state index in [1.54, 1.807) is 31.2 Å². The highest BCUT2D eigenvalue weighted by Gasteiger charge is 2.34. The van der Waals surface area contributed by atoms with Crippen molar-refractivity contribution in [1.82, 2.24) is 4.98 Å². The number of pyridine rings is 1. The molecule has 2 heterocycles. The number of rotatable bonds is 3. The van der Waals surface area contributed by atoms with Crippen LogP contribution in [0.25, 0.3) is 0 Å². The van der Waals surface area contributed by atoms with Crippen molar-refractivity contribution in [2.45, 2.75) is 19.3 Å². The molecule has 1 aliphatic rings. The molecule has 0 radical (unpaired) electrons. The molecule has 0 amide bonds. The summed E-state index contributed by atoms with van der Waals surface area (Å²) >= 11 is 5.89. The second kappa shape index (κ2) is 6.49. The lowest BCUT2D eigenvalue weighted by Gasteiger charge is -2.25. The van der Waals surface area contributed by atoms with Crippen LogP contribution in [0, 0.1) is 0 Å². The fourth-order valence-corrected chi connectivity index (χ4v) is 2.85. The molecule has 0 bridgehead atoms. The van der Waals surface area contributed by atoms with Gasteiger partial charge in [0.2, 0.25) is 0 Å². The lowest BCUT2D eigenvalue weighted by atomic mass is 9.86. The number of H-pyrrole nitrogens is 1. The van der Waals surface area contributed by atoms with Crippen LogP contribution in [0.4, 0.5) is 0 Å². The fraction of sp³-hybridized carbons (Fsp3) is 0.235. The summed E-state index contributed by atoms with van der Waals surface area (Å²) in [4.78, 5) is 38.9. The first kappa shape index (κ1) is 16.3. The number of halogens is 1. The third kappa shape index (κ3) is 2.92. The number of fused-ring (bicyclic) bond motifs is 1. The predicted octanol–water partition coefficient (Wildman–Crippen LogP) is 2.65. The van der Waals surface area contributed by atoms with Crippen molar-refractivity contribution >= 4 is 23.5 Å². The van der Waals surface area contributed by atoms with Crippen LogP contribution in [0.1, 0.15) is 40.7 Å². The van der Waals surface area contributed by atoms with E-state index in [4.69, 9.17) is 21.1 Å². The van der Waals surface area contributed by atoms with Crippen LogP contribution in [-0.4, -0.2) is 23.5 Å². The van der Waals surface area contributed by atoms with Crippen LogP contribution < -0.4 is 10.3 Å². The van der Waals surface area contributed by atoms with Crippen LogP contribution >= 0.6 is 11.6 Å². The average molecular weight is 348 g/mol. The Morgan fingerprint density at radius 1 is 1.33 bits per heavy atom. The van der Waals surface area contributed by atoms with E-state index in [1.165, 1.54) is 6.20 Å². The maximum Gasteiger partial charge on any atom is 0.343 e. The number of ether oxygens (including phenoxy) is 2. The zero-order valence-electron chi connectivity index (χ0n) is 12.8. The van der Waals surface area contributed by atoms with Crippen molar-refractivity contribution in [1.29, 1.82) is 0 Å². The van der Waals surface area contributed by atoms with Gasteiger partial charge in [-0.05, 0) is 24.6 Å². The van der Waals surface area contributed by atoms with Crippen molar-refractivity contribution in [3.05, 3.63) is 62.5 Å². The number of carbonyl (C=O) groups excluding carboxylic acids is 2. The maximum absolute atomic E-state index is 12.3. The first-order valence-electron chi connectivity index (χ1n) is 7.40.